The zero-order valence-corrected chi connectivity index (χ0v) is 8.29. The number of hydrogen-bond donors (Lipinski definition) is 2. The number of alkyl halides is 7. The van der Waals surface area contributed by atoms with Gasteiger partial charge >= 0.3 is 18.0 Å². The molecule has 3 nitrogen and oxygen atoms in total. The standard InChI is InChI=1S/C7H8F7NO2/c1-3(16)2-15-4(17)5(8,9)6(10,11)7(12,13)14/h3,16H,2H2,1H3,(H,15,17)/t3-/m1/s1. The molecule has 0 aliphatic heterocycles. The van der Waals surface area contributed by atoms with Crippen molar-refractivity contribution in [3.05, 3.63) is 0 Å². The Morgan fingerprint density at radius 3 is 1.88 bits per heavy atom. The van der Waals surface area contributed by atoms with Crippen LogP contribution in [0.1, 0.15) is 6.92 Å². The lowest BCUT2D eigenvalue weighted by Gasteiger charge is -2.27. The molecular weight excluding hydrogens is 263 g/mol. The molecule has 0 radical (unpaired) electrons. The Kier molecular flexibility index (Phi) is 4.38. The molecule has 0 bridgehead atoms. The highest BCUT2D eigenvalue weighted by Crippen LogP contribution is 2.46. The molecule has 2 N–H and O–H groups in total. The number of aliphatic hydroxyl groups excluding tert-OH is 1. The minimum absolute atomic E-state index is 0.873. The summed E-state index contributed by atoms with van der Waals surface area (Å²) in [4.78, 5) is 10.5. The first-order valence-electron chi connectivity index (χ1n) is 4.12. The van der Waals surface area contributed by atoms with Gasteiger partial charge in [-0.25, -0.2) is 0 Å². The van der Waals surface area contributed by atoms with Crippen LogP contribution in [-0.2, 0) is 4.79 Å². The number of amides is 1. The van der Waals surface area contributed by atoms with Crippen molar-refractivity contribution in [3.63, 3.8) is 0 Å². The average Bonchev–Trinajstić information content (AvgIpc) is 2.11. The number of carbonyl (C=O) groups is 1. The van der Waals surface area contributed by atoms with Gasteiger partial charge in [0, 0.05) is 6.54 Å². The molecule has 0 spiro atoms. The Bertz CT molecular complexity index is 286. The number of carbonyl (C=O) groups excluding carboxylic acids is 1. The number of halogens is 7. The molecule has 0 aliphatic carbocycles. The van der Waals surface area contributed by atoms with Crippen LogP contribution in [0, 0.1) is 0 Å². The van der Waals surface area contributed by atoms with Crippen LogP contribution in [0.2, 0.25) is 0 Å². The molecule has 10 heteroatoms. The first kappa shape index (κ1) is 15.9. The molecule has 17 heavy (non-hydrogen) atoms. The van der Waals surface area contributed by atoms with E-state index in [1.165, 1.54) is 0 Å². The van der Waals surface area contributed by atoms with Crippen LogP contribution >= 0.6 is 0 Å². The number of aliphatic hydroxyl groups is 1. The summed E-state index contributed by atoms with van der Waals surface area (Å²) in [6.45, 7) is 0.142. The lowest BCUT2D eigenvalue weighted by molar-refractivity contribution is -0.344. The number of rotatable bonds is 4. The second-order valence-corrected chi connectivity index (χ2v) is 3.21. The Morgan fingerprint density at radius 1 is 1.18 bits per heavy atom. The van der Waals surface area contributed by atoms with Gasteiger partial charge in [-0.3, -0.25) is 4.79 Å². The minimum Gasteiger partial charge on any atom is -0.392 e. The fourth-order valence-corrected chi connectivity index (χ4v) is 0.672. The molecule has 0 aromatic heterocycles. The monoisotopic (exact) mass is 271 g/mol. The van der Waals surface area contributed by atoms with Gasteiger partial charge in [0.25, 0.3) is 5.91 Å². The zero-order chi connectivity index (χ0) is 14.1. The fourth-order valence-electron chi connectivity index (χ4n) is 0.672. The van der Waals surface area contributed by atoms with E-state index in [1.807, 2.05) is 0 Å². The second-order valence-electron chi connectivity index (χ2n) is 3.21. The van der Waals surface area contributed by atoms with Gasteiger partial charge in [0.05, 0.1) is 6.10 Å². The van der Waals surface area contributed by atoms with Gasteiger partial charge in [-0.05, 0) is 6.92 Å². The molecule has 0 fully saturated rings. The molecule has 0 aromatic rings. The maximum absolute atomic E-state index is 12.6. The van der Waals surface area contributed by atoms with Gasteiger partial charge in [0.15, 0.2) is 0 Å². The van der Waals surface area contributed by atoms with E-state index < -0.39 is 36.6 Å². The molecule has 1 atom stereocenters. The molecule has 0 saturated heterocycles. The van der Waals surface area contributed by atoms with Gasteiger partial charge < -0.3 is 10.4 Å². The predicted molar refractivity (Wildman–Crippen MR) is 40.6 cm³/mol. The smallest absolute Gasteiger partial charge is 0.392 e. The van der Waals surface area contributed by atoms with Crippen LogP contribution in [-0.4, -0.2) is 41.7 Å². The summed E-state index contributed by atoms with van der Waals surface area (Å²) in [5, 5.41) is 9.64. The number of hydrogen-bond acceptors (Lipinski definition) is 2. The largest absolute Gasteiger partial charge is 0.460 e. The summed E-state index contributed by atoms with van der Waals surface area (Å²) in [6, 6.07) is 0. The van der Waals surface area contributed by atoms with Crippen LogP contribution in [0.5, 0.6) is 0 Å². The van der Waals surface area contributed by atoms with E-state index in [9.17, 15) is 35.5 Å². The number of nitrogens with one attached hydrogen (secondary N) is 1. The van der Waals surface area contributed by atoms with E-state index in [0.29, 0.717) is 0 Å². The van der Waals surface area contributed by atoms with Crippen LogP contribution < -0.4 is 5.32 Å². The highest BCUT2D eigenvalue weighted by atomic mass is 19.4. The van der Waals surface area contributed by atoms with Crippen molar-refractivity contribution in [2.45, 2.75) is 31.0 Å². The van der Waals surface area contributed by atoms with Crippen LogP contribution in [0.3, 0.4) is 0 Å². The van der Waals surface area contributed by atoms with Crippen molar-refractivity contribution in [2.24, 2.45) is 0 Å². The average molecular weight is 271 g/mol. The van der Waals surface area contributed by atoms with Crippen molar-refractivity contribution in [1.82, 2.24) is 5.32 Å². The highest BCUT2D eigenvalue weighted by Gasteiger charge is 2.76. The third kappa shape index (κ3) is 3.20. The Labute approximate surface area is 90.6 Å². The maximum atomic E-state index is 12.6. The van der Waals surface area contributed by atoms with E-state index >= 15 is 0 Å². The van der Waals surface area contributed by atoms with Gasteiger partial charge in [-0.2, -0.15) is 30.7 Å². The van der Waals surface area contributed by atoms with E-state index in [0.717, 1.165) is 12.2 Å². The van der Waals surface area contributed by atoms with Crippen molar-refractivity contribution in [1.29, 1.82) is 0 Å². The maximum Gasteiger partial charge on any atom is 0.460 e. The Hall–Kier alpha value is -1.06. The molecule has 0 aliphatic rings. The van der Waals surface area contributed by atoms with Gasteiger partial charge in [-0.1, -0.05) is 0 Å². The van der Waals surface area contributed by atoms with Crippen molar-refractivity contribution in [3.8, 4) is 0 Å². The first-order valence-corrected chi connectivity index (χ1v) is 4.12. The highest BCUT2D eigenvalue weighted by molar-refractivity contribution is 5.84. The van der Waals surface area contributed by atoms with E-state index in [2.05, 4.69) is 0 Å². The summed E-state index contributed by atoms with van der Waals surface area (Å²) < 4.78 is 84.6. The van der Waals surface area contributed by atoms with Gasteiger partial charge in [0.1, 0.15) is 0 Å². The second kappa shape index (κ2) is 4.67. The summed E-state index contributed by atoms with van der Waals surface area (Å²) in [5.41, 5.74) is 0. The van der Waals surface area contributed by atoms with Crippen molar-refractivity contribution < 1.29 is 40.6 Å². The lowest BCUT2D eigenvalue weighted by Crippen LogP contribution is -2.59. The summed E-state index contributed by atoms with van der Waals surface area (Å²) in [6.07, 6.45) is -7.92. The SMILES string of the molecule is C[C@@H](O)CNC(=O)C(F)(F)C(F)(F)C(F)(F)F. The molecular formula is C7H8F7NO2. The molecule has 0 unspecified atom stereocenters. The molecule has 1 amide bonds. The fraction of sp³-hybridized carbons (Fsp3) is 0.857. The molecule has 0 heterocycles. The lowest BCUT2D eigenvalue weighted by atomic mass is 10.1. The molecule has 102 valence electrons. The van der Waals surface area contributed by atoms with Gasteiger partial charge in [0.2, 0.25) is 0 Å². The summed E-state index contributed by atoms with van der Waals surface area (Å²) >= 11 is 0. The Balaban J connectivity index is 4.94. The minimum atomic E-state index is -6.56. The predicted octanol–water partition coefficient (Wildman–Crippen LogP) is 1.32. The van der Waals surface area contributed by atoms with Crippen molar-refractivity contribution in [2.75, 3.05) is 6.54 Å². The van der Waals surface area contributed by atoms with Crippen LogP contribution in [0.4, 0.5) is 30.7 Å². The third-order valence-electron chi connectivity index (χ3n) is 1.59. The van der Waals surface area contributed by atoms with E-state index in [-0.39, 0.29) is 0 Å². The van der Waals surface area contributed by atoms with E-state index in [1.54, 1.807) is 0 Å². The summed E-state index contributed by atoms with van der Waals surface area (Å²) in [7, 11) is 0. The molecule has 0 saturated carbocycles. The Morgan fingerprint density at radius 2 is 1.59 bits per heavy atom. The van der Waals surface area contributed by atoms with Crippen molar-refractivity contribution >= 4 is 5.91 Å². The summed E-state index contributed by atoms with van der Waals surface area (Å²) in [5.74, 6) is -15.2. The quantitative estimate of drug-likeness (QED) is 0.757. The zero-order valence-electron chi connectivity index (χ0n) is 8.29. The van der Waals surface area contributed by atoms with Crippen LogP contribution in [0.15, 0.2) is 0 Å². The molecule has 0 rings (SSSR count). The first-order chi connectivity index (χ1) is 7.34. The molecule has 0 aromatic carbocycles. The third-order valence-corrected chi connectivity index (χ3v) is 1.59. The van der Waals surface area contributed by atoms with E-state index in [4.69, 9.17) is 5.11 Å². The normalized spacial score (nSPS) is 15.6. The van der Waals surface area contributed by atoms with Gasteiger partial charge in [-0.15, -0.1) is 0 Å². The topological polar surface area (TPSA) is 49.3 Å². The van der Waals surface area contributed by atoms with Crippen LogP contribution in [0.25, 0.3) is 0 Å².